The summed E-state index contributed by atoms with van der Waals surface area (Å²) in [5.41, 5.74) is 2.43. The molecule has 0 N–H and O–H groups in total. The zero-order valence-electron chi connectivity index (χ0n) is 17.3. The first-order valence-corrected chi connectivity index (χ1v) is 9.68. The summed E-state index contributed by atoms with van der Waals surface area (Å²) in [6.07, 6.45) is 1.50. The summed E-state index contributed by atoms with van der Waals surface area (Å²) in [5.74, 6) is -1.06. The predicted octanol–water partition coefficient (Wildman–Crippen LogP) is 4.71. The van der Waals surface area contributed by atoms with Crippen molar-refractivity contribution in [2.24, 2.45) is 4.99 Å². The third-order valence-corrected chi connectivity index (χ3v) is 4.67. The van der Waals surface area contributed by atoms with Crippen molar-refractivity contribution < 1.29 is 28.2 Å². The molecule has 0 radical (unpaired) electrons. The van der Waals surface area contributed by atoms with Crippen LogP contribution in [0, 0.1) is 12.7 Å². The number of aliphatic imine (C=N–C) groups is 1. The number of benzene rings is 3. The fourth-order valence-electron chi connectivity index (χ4n) is 3.02. The van der Waals surface area contributed by atoms with Gasteiger partial charge in [0.25, 0.3) is 0 Å². The number of rotatable bonds is 5. The first-order chi connectivity index (χ1) is 15.4. The molecule has 0 aromatic heterocycles. The molecule has 3 aromatic carbocycles. The Morgan fingerprint density at radius 2 is 1.81 bits per heavy atom. The molecule has 160 valence electrons. The van der Waals surface area contributed by atoms with Crippen molar-refractivity contribution in [2.75, 3.05) is 7.11 Å². The number of nitrogens with zero attached hydrogens (tertiary/aromatic N) is 1. The van der Waals surface area contributed by atoms with Crippen LogP contribution in [0.4, 0.5) is 4.39 Å². The van der Waals surface area contributed by atoms with E-state index in [4.69, 9.17) is 14.2 Å². The molecular weight excluding hydrogens is 413 g/mol. The van der Waals surface area contributed by atoms with E-state index in [0.717, 1.165) is 5.56 Å². The molecule has 1 aliphatic rings. The number of hydrogen-bond acceptors (Lipinski definition) is 6. The Hall–Kier alpha value is -4.26. The molecule has 0 spiro atoms. The monoisotopic (exact) mass is 431 g/mol. The third-order valence-electron chi connectivity index (χ3n) is 4.67. The van der Waals surface area contributed by atoms with Crippen LogP contribution in [0.15, 0.2) is 77.4 Å². The zero-order valence-corrected chi connectivity index (χ0v) is 17.3. The molecule has 1 aliphatic heterocycles. The number of carbonyl (C=O) groups is 2. The summed E-state index contributed by atoms with van der Waals surface area (Å²) in [5, 5.41) is 0. The van der Waals surface area contributed by atoms with Crippen molar-refractivity contribution in [3.05, 3.63) is 100 Å². The van der Waals surface area contributed by atoms with Gasteiger partial charge >= 0.3 is 11.9 Å². The van der Waals surface area contributed by atoms with Crippen LogP contribution in [0.2, 0.25) is 0 Å². The molecule has 0 unspecified atom stereocenters. The minimum absolute atomic E-state index is 0.0244. The summed E-state index contributed by atoms with van der Waals surface area (Å²) < 4.78 is 29.4. The van der Waals surface area contributed by atoms with Crippen molar-refractivity contribution >= 4 is 23.9 Å². The first kappa shape index (κ1) is 21.0. The van der Waals surface area contributed by atoms with Crippen molar-refractivity contribution in [2.45, 2.75) is 6.92 Å². The Morgan fingerprint density at radius 3 is 2.53 bits per heavy atom. The predicted molar refractivity (Wildman–Crippen MR) is 116 cm³/mol. The lowest BCUT2D eigenvalue weighted by Crippen LogP contribution is -2.09. The van der Waals surface area contributed by atoms with Gasteiger partial charge < -0.3 is 14.2 Å². The molecule has 0 amide bonds. The SMILES string of the molecule is COc1cc(/C=C2\N=C(c3cccc(F)c3)OC2=O)ccc1OC(=O)c1ccc(C)cc1. The first-order valence-electron chi connectivity index (χ1n) is 9.68. The number of aryl methyl sites for hydroxylation is 1. The maximum Gasteiger partial charge on any atom is 0.363 e. The van der Waals surface area contributed by atoms with E-state index in [2.05, 4.69) is 4.99 Å². The minimum Gasteiger partial charge on any atom is -0.493 e. The lowest BCUT2D eigenvalue weighted by Gasteiger charge is -2.10. The van der Waals surface area contributed by atoms with E-state index >= 15 is 0 Å². The van der Waals surface area contributed by atoms with Gasteiger partial charge in [0.15, 0.2) is 17.2 Å². The molecule has 1 heterocycles. The molecule has 6 nitrogen and oxygen atoms in total. The van der Waals surface area contributed by atoms with Crippen LogP contribution < -0.4 is 9.47 Å². The van der Waals surface area contributed by atoms with Crippen molar-refractivity contribution in [1.29, 1.82) is 0 Å². The second-order valence-corrected chi connectivity index (χ2v) is 7.01. The summed E-state index contributed by atoms with van der Waals surface area (Å²) >= 11 is 0. The second kappa shape index (κ2) is 8.85. The molecular formula is C25H18FNO5. The van der Waals surface area contributed by atoms with Crippen molar-refractivity contribution in [3.8, 4) is 11.5 Å². The Bertz CT molecular complexity index is 1260. The van der Waals surface area contributed by atoms with Crippen LogP contribution >= 0.6 is 0 Å². The number of ether oxygens (including phenoxy) is 3. The van der Waals surface area contributed by atoms with Gasteiger partial charge in [-0.3, -0.25) is 0 Å². The highest BCUT2D eigenvalue weighted by Gasteiger charge is 2.24. The Labute approximate surface area is 183 Å². The van der Waals surface area contributed by atoms with Crippen LogP contribution in [0.5, 0.6) is 11.5 Å². The van der Waals surface area contributed by atoms with Crippen LogP contribution in [-0.2, 0) is 9.53 Å². The molecule has 3 aromatic rings. The summed E-state index contributed by atoms with van der Waals surface area (Å²) in [7, 11) is 1.44. The van der Waals surface area contributed by atoms with Gasteiger partial charge in [-0.2, -0.15) is 0 Å². The van der Waals surface area contributed by atoms with Crippen LogP contribution in [0.1, 0.15) is 27.0 Å². The largest absolute Gasteiger partial charge is 0.493 e. The van der Waals surface area contributed by atoms with Gasteiger partial charge in [0, 0.05) is 5.56 Å². The van der Waals surface area contributed by atoms with E-state index in [-0.39, 0.29) is 17.3 Å². The van der Waals surface area contributed by atoms with E-state index in [9.17, 15) is 14.0 Å². The van der Waals surface area contributed by atoms with Gasteiger partial charge in [0.05, 0.1) is 12.7 Å². The highest BCUT2D eigenvalue weighted by atomic mass is 19.1. The van der Waals surface area contributed by atoms with E-state index in [1.807, 2.05) is 19.1 Å². The lowest BCUT2D eigenvalue weighted by atomic mass is 10.1. The molecule has 0 bridgehead atoms. The average molecular weight is 431 g/mol. The van der Waals surface area contributed by atoms with Gasteiger partial charge in [0.2, 0.25) is 5.90 Å². The smallest absolute Gasteiger partial charge is 0.363 e. The van der Waals surface area contributed by atoms with E-state index in [1.165, 1.54) is 31.4 Å². The van der Waals surface area contributed by atoms with Crippen molar-refractivity contribution in [1.82, 2.24) is 0 Å². The van der Waals surface area contributed by atoms with Crippen molar-refractivity contribution in [3.63, 3.8) is 0 Å². The van der Waals surface area contributed by atoms with Crippen LogP contribution in [0.3, 0.4) is 0 Å². The molecule has 4 rings (SSSR count). The molecule has 7 heteroatoms. The van der Waals surface area contributed by atoms with Gasteiger partial charge in [-0.05, 0) is 61.0 Å². The maximum atomic E-state index is 13.4. The number of methoxy groups -OCH3 is 1. The number of cyclic esters (lactones) is 1. The van der Waals surface area contributed by atoms with E-state index in [1.54, 1.807) is 36.4 Å². The minimum atomic E-state index is -0.655. The number of halogens is 1. The Morgan fingerprint density at radius 1 is 1.03 bits per heavy atom. The normalized spacial score (nSPS) is 14.2. The maximum absolute atomic E-state index is 13.4. The second-order valence-electron chi connectivity index (χ2n) is 7.01. The van der Waals surface area contributed by atoms with Gasteiger partial charge in [-0.15, -0.1) is 0 Å². The van der Waals surface area contributed by atoms with E-state index < -0.39 is 17.8 Å². The number of carbonyl (C=O) groups excluding carboxylic acids is 2. The fraction of sp³-hybridized carbons (Fsp3) is 0.0800. The van der Waals surface area contributed by atoms with Gasteiger partial charge in [0.1, 0.15) is 5.82 Å². The fourth-order valence-corrected chi connectivity index (χ4v) is 3.02. The number of esters is 2. The average Bonchev–Trinajstić information content (AvgIpc) is 3.15. The molecule has 0 saturated heterocycles. The Balaban J connectivity index is 1.57. The van der Waals surface area contributed by atoms with Crippen LogP contribution in [0.25, 0.3) is 6.08 Å². The van der Waals surface area contributed by atoms with Gasteiger partial charge in [-0.1, -0.05) is 29.8 Å². The molecule has 32 heavy (non-hydrogen) atoms. The molecule has 0 aliphatic carbocycles. The summed E-state index contributed by atoms with van der Waals surface area (Å²) in [6.45, 7) is 1.93. The molecule has 0 atom stereocenters. The van der Waals surface area contributed by atoms with Gasteiger partial charge in [-0.25, -0.2) is 19.0 Å². The topological polar surface area (TPSA) is 74.2 Å². The quantitative estimate of drug-likeness (QED) is 0.332. The van der Waals surface area contributed by atoms with Crippen LogP contribution in [-0.4, -0.2) is 24.9 Å². The van der Waals surface area contributed by atoms with E-state index in [0.29, 0.717) is 22.4 Å². The zero-order chi connectivity index (χ0) is 22.7. The highest BCUT2D eigenvalue weighted by molar-refractivity contribution is 6.12. The molecule has 0 saturated carbocycles. The summed E-state index contributed by atoms with van der Waals surface area (Å²) in [4.78, 5) is 28.8. The lowest BCUT2D eigenvalue weighted by molar-refractivity contribution is -0.129. The third kappa shape index (κ3) is 4.57. The number of hydrogen-bond donors (Lipinski definition) is 0. The standard InChI is InChI=1S/C25H18FNO5/c1-15-6-9-17(10-7-15)24(28)31-21-11-8-16(13-22(21)30-2)12-20-25(29)32-23(27-20)18-4-3-5-19(26)14-18/h3-14H,1-2H3/b20-12-. The Kier molecular flexibility index (Phi) is 5.81. The highest BCUT2D eigenvalue weighted by Crippen LogP contribution is 2.30. The molecule has 0 fully saturated rings. The summed E-state index contributed by atoms with van der Waals surface area (Å²) in [6, 6.07) is 17.4.